The summed E-state index contributed by atoms with van der Waals surface area (Å²) in [6.45, 7) is 5.69. The molecule has 3 atom stereocenters. The number of likely N-dealkylation sites (tertiary alicyclic amines) is 1. The van der Waals surface area contributed by atoms with Crippen molar-refractivity contribution < 1.29 is 23.2 Å². The number of carbonyl (C=O) groups is 2. The molecular weight excluding hydrogens is 483 g/mol. The molecule has 0 spiro atoms. The summed E-state index contributed by atoms with van der Waals surface area (Å²) in [6, 6.07) is 3.59. The molecule has 8 nitrogen and oxygen atoms in total. The third-order valence-electron chi connectivity index (χ3n) is 7.38. The second-order valence-corrected chi connectivity index (χ2v) is 10.6. The van der Waals surface area contributed by atoms with Gasteiger partial charge in [0.2, 0.25) is 11.8 Å². The molecule has 2 saturated heterocycles. The molecule has 1 N–H and O–H groups in total. The summed E-state index contributed by atoms with van der Waals surface area (Å²) < 4.78 is 24.4. The Labute approximate surface area is 213 Å². The zero-order chi connectivity index (χ0) is 25.2. The Kier molecular flexibility index (Phi) is 7.34. The first kappa shape index (κ1) is 24.8. The van der Waals surface area contributed by atoms with Gasteiger partial charge in [-0.15, -0.1) is 11.3 Å². The lowest BCUT2D eigenvalue weighted by molar-refractivity contribution is -0.140. The lowest BCUT2D eigenvalue weighted by atomic mass is 9.90. The van der Waals surface area contributed by atoms with Gasteiger partial charge in [-0.05, 0) is 50.2 Å². The maximum absolute atomic E-state index is 13.9. The first-order chi connectivity index (χ1) is 17.5. The minimum absolute atomic E-state index is 0.0415. The molecule has 2 fully saturated rings. The van der Waals surface area contributed by atoms with Gasteiger partial charge in [-0.25, -0.2) is 9.37 Å². The Morgan fingerprint density at radius 2 is 2.08 bits per heavy atom. The predicted octanol–water partition coefficient (Wildman–Crippen LogP) is 4.71. The molecule has 2 aromatic heterocycles. The number of rotatable bonds is 7. The van der Waals surface area contributed by atoms with Crippen molar-refractivity contribution in [2.45, 2.75) is 58.0 Å². The van der Waals surface area contributed by atoms with E-state index in [9.17, 15) is 14.0 Å². The van der Waals surface area contributed by atoms with E-state index in [1.165, 1.54) is 23.5 Å². The number of thiazole rings is 1. The van der Waals surface area contributed by atoms with Crippen molar-refractivity contribution in [2.24, 2.45) is 11.8 Å². The van der Waals surface area contributed by atoms with Crippen molar-refractivity contribution in [3.8, 4) is 11.4 Å². The monoisotopic (exact) mass is 514 g/mol. The number of nitrogens with one attached hydrogen (secondary N) is 1. The highest BCUT2D eigenvalue weighted by Crippen LogP contribution is 2.38. The van der Waals surface area contributed by atoms with Gasteiger partial charge in [0, 0.05) is 37.1 Å². The normalized spacial score (nSPS) is 20.5. The van der Waals surface area contributed by atoms with Crippen LogP contribution in [0.4, 0.5) is 4.39 Å². The molecule has 192 valence electrons. The van der Waals surface area contributed by atoms with E-state index in [0.29, 0.717) is 42.1 Å². The molecule has 10 heteroatoms. The number of halogens is 1. The molecule has 5 rings (SSSR count). The molecule has 0 bridgehead atoms. The standard InChI is InChI=1S/C26H31FN4O4S/c1-3-15(2)24(32)29-22(16-8-11-34-12-9-16)26(33)31-10-4-5-20(31)25-28-19(14-36-25)23-18-7-6-17(27)13-21(18)35-30-23/h6-7,13-16,20,22H,3-5,8-12H2,1-2H3,(H,29,32)/t15-,20+,22+/m1/s1. The molecule has 0 radical (unpaired) electrons. The number of carbonyl (C=O) groups excluding carboxylic acids is 2. The quantitative estimate of drug-likeness (QED) is 0.490. The van der Waals surface area contributed by atoms with Crippen LogP contribution in [0.25, 0.3) is 22.4 Å². The SMILES string of the molecule is CC[C@@H](C)C(=O)N[C@H](C(=O)N1CCC[C@H]1c1nc(-c2noc3cc(F)ccc23)cs1)C1CCOCC1. The van der Waals surface area contributed by atoms with E-state index in [0.717, 1.165) is 37.1 Å². The van der Waals surface area contributed by atoms with Crippen LogP contribution in [0.5, 0.6) is 0 Å². The highest BCUT2D eigenvalue weighted by Gasteiger charge is 2.40. The number of nitrogens with zero attached hydrogens (tertiary/aromatic N) is 3. The van der Waals surface area contributed by atoms with Gasteiger partial charge in [0.25, 0.3) is 0 Å². The van der Waals surface area contributed by atoms with Crippen molar-refractivity contribution in [3.63, 3.8) is 0 Å². The van der Waals surface area contributed by atoms with Gasteiger partial charge >= 0.3 is 0 Å². The van der Waals surface area contributed by atoms with E-state index in [2.05, 4.69) is 10.5 Å². The van der Waals surface area contributed by atoms with Crippen LogP contribution in [0.1, 0.15) is 57.0 Å². The van der Waals surface area contributed by atoms with Crippen molar-refractivity contribution in [1.29, 1.82) is 0 Å². The van der Waals surface area contributed by atoms with Crippen LogP contribution >= 0.6 is 11.3 Å². The fraction of sp³-hybridized carbons (Fsp3) is 0.538. The molecule has 2 aliphatic heterocycles. The van der Waals surface area contributed by atoms with Crippen LogP contribution in [-0.2, 0) is 14.3 Å². The van der Waals surface area contributed by atoms with E-state index in [4.69, 9.17) is 14.2 Å². The fourth-order valence-corrected chi connectivity index (χ4v) is 5.97. The van der Waals surface area contributed by atoms with Gasteiger partial charge in [-0.3, -0.25) is 9.59 Å². The van der Waals surface area contributed by atoms with Gasteiger partial charge in [0.15, 0.2) is 5.58 Å². The Morgan fingerprint density at radius 1 is 1.28 bits per heavy atom. The predicted molar refractivity (Wildman–Crippen MR) is 134 cm³/mol. The summed E-state index contributed by atoms with van der Waals surface area (Å²) in [5.74, 6) is -0.607. The van der Waals surface area contributed by atoms with Gasteiger partial charge in [-0.1, -0.05) is 19.0 Å². The van der Waals surface area contributed by atoms with E-state index < -0.39 is 6.04 Å². The number of benzene rings is 1. The minimum Gasteiger partial charge on any atom is -0.381 e. The van der Waals surface area contributed by atoms with Crippen LogP contribution in [0.15, 0.2) is 28.1 Å². The summed E-state index contributed by atoms with van der Waals surface area (Å²) in [4.78, 5) is 33.4. The number of hydrogen-bond donors (Lipinski definition) is 1. The van der Waals surface area contributed by atoms with Crippen molar-refractivity contribution in [3.05, 3.63) is 34.4 Å². The Hall–Kier alpha value is -2.85. The molecular formula is C26H31FN4O4S. The topological polar surface area (TPSA) is 97.6 Å². The van der Waals surface area contributed by atoms with Crippen LogP contribution in [0.2, 0.25) is 0 Å². The van der Waals surface area contributed by atoms with E-state index in [1.807, 2.05) is 24.1 Å². The van der Waals surface area contributed by atoms with Crippen LogP contribution in [0, 0.1) is 17.7 Å². The largest absolute Gasteiger partial charge is 0.381 e. The molecule has 3 aromatic rings. The Bertz CT molecular complexity index is 1240. The number of hydrogen-bond acceptors (Lipinski definition) is 7. The van der Waals surface area contributed by atoms with Gasteiger partial charge in [0.05, 0.1) is 11.4 Å². The second kappa shape index (κ2) is 10.6. The molecule has 0 aliphatic carbocycles. The van der Waals surface area contributed by atoms with Gasteiger partial charge in [0.1, 0.15) is 28.3 Å². The molecule has 2 aliphatic rings. The van der Waals surface area contributed by atoms with Crippen molar-refractivity contribution >= 4 is 34.1 Å². The summed E-state index contributed by atoms with van der Waals surface area (Å²) in [5, 5.41) is 10.6. The third-order valence-corrected chi connectivity index (χ3v) is 8.33. The van der Waals surface area contributed by atoms with Crippen LogP contribution in [0.3, 0.4) is 0 Å². The second-order valence-electron chi connectivity index (χ2n) is 9.68. The lowest BCUT2D eigenvalue weighted by Gasteiger charge is -2.35. The minimum atomic E-state index is -0.565. The van der Waals surface area contributed by atoms with Crippen LogP contribution in [-0.4, -0.2) is 52.7 Å². The maximum Gasteiger partial charge on any atom is 0.246 e. The highest BCUT2D eigenvalue weighted by atomic mass is 32.1. The summed E-state index contributed by atoms with van der Waals surface area (Å²) in [5.41, 5.74) is 1.57. The van der Waals surface area contributed by atoms with E-state index in [-0.39, 0.29) is 35.5 Å². The average molecular weight is 515 g/mol. The van der Waals surface area contributed by atoms with E-state index >= 15 is 0 Å². The fourth-order valence-electron chi connectivity index (χ4n) is 5.02. The molecule has 36 heavy (non-hydrogen) atoms. The Morgan fingerprint density at radius 3 is 2.86 bits per heavy atom. The molecule has 0 saturated carbocycles. The zero-order valence-electron chi connectivity index (χ0n) is 20.5. The first-order valence-electron chi connectivity index (χ1n) is 12.7. The molecule has 0 unspecified atom stereocenters. The first-order valence-corrected chi connectivity index (χ1v) is 13.5. The van der Waals surface area contributed by atoms with Crippen molar-refractivity contribution in [1.82, 2.24) is 20.4 Å². The van der Waals surface area contributed by atoms with E-state index in [1.54, 1.807) is 6.07 Å². The summed E-state index contributed by atoms with van der Waals surface area (Å²) in [7, 11) is 0. The smallest absolute Gasteiger partial charge is 0.246 e. The Balaban J connectivity index is 1.38. The zero-order valence-corrected chi connectivity index (χ0v) is 21.4. The lowest BCUT2D eigenvalue weighted by Crippen LogP contribution is -2.54. The van der Waals surface area contributed by atoms with Crippen LogP contribution < -0.4 is 5.32 Å². The number of ether oxygens (including phenoxy) is 1. The summed E-state index contributed by atoms with van der Waals surface area (Å²) >= 11 is 1.48. The van der Waals surface area contributed by atoms with Crippen molar-refractivity contribution in [2.75, 3.05) is 19.8 Å². The number of aromatic nitrogens is 2. The van der Waals surface area contributed by atoms with Gasteiger partial charge in [-0.2, -0.15) is 0 Å². The summed E-state index contributed by atoms with van der Waals surface area (Å²) in [6.07, 6.45) is 3.90. The number of amides is 2. The molecule has 1 aromatic carbocycles. The van der Waals surface area contributed by atoms with Gasteiger partial charge < -0.3 is 19.5 Å². The third kappa shape index (κ3) is 4.88. The maximum atomic E-state index is 13.9. The average Bonchev–Trinajstić information content (AvgIpc) is 3.65. The number of fused-ring (bicyclic) bond motifs is 1. The highest BCUT2D eigenvalue weighted by molar-refractivity contribution is 7.10. The molecule has 4 heterocycles. The molecule has 2 amide bonds.